The van der Waals surface area contributed by atoms with Gasteiger partial charge in [-0.05, 0) is 30.8 Å². The highest BCUT2D eigenvalue weighted by Crippen LogP contribution is 2.54. The van der Waals surface area contributed by atoms with E-state index in [2.05, 4.69) is 0 Å². The second-order valence-corrected chi connectivity index (χ2v) is 8.54. The largest absolute Gasteiger partial charge is 0.508 e. The monoisotopic (exact) mass is 416 g/mol. The van der Waals surface area contributed by atoms with Gasteiger partial charge in [0, 0.05) is 44.1 Å². The number of allylic oxidation sites excluding steroid dienone is 4. The van der Waals surface area contributed by atoms with Gasteiger partial charge in [0.2, 0.25) is 0 Å². The molecule has 0 heterocycles. The second kappa shape index (κ2) is 6.46. The Hall–Kier alpha value is -3.07. The van der Waals surface area contributed by atoms with Crippen molar-refractivity contribution >= 4 is 17.5 Å². The quantitative estimate of drug-likeness (QED) is 0.414. The first-order chi connectivity index (χ1) is 14.0. The number of primary amides is 1. The molecule has 9 heteroatoms. The van der Waals surface area contributed by atoms with Crippen LogP contribution >= 0.6 is 0 Å². The summed E-state index contributed by atoms with van der Waals surface area (Å²) in [7, 11) is 3.70. The molecule has 3 atom stereocenters. The van der Waals surface area contributed by atoms with E-state index in [9.17, 15) is 34.8 Å². The third kappa shape index (κ3) is 2.48. The molecule has 0 saturated heterocycles. The first-order valence-corrected chi connectivity index (χ1v) is 9.79. The highest BCUT2D eigenvalue weighted by molar-refractivity contribution is 6.20. The number of carbonyl (C=O) groups is 3. The van der Waals surface area contributed by atoms with Crippen molar-refractivity contribution in [2.45, 2.75) is 37.7 Å². The number of ketones is 2. The van der Waals surface area contributed by atoms with Crippen LogP contribution in [0, 0.1) is 11.8 Å². The predicted molar refractivity (Wildman–Crippen MR) is 104 cm³/mol. The van der Waals surface area contributed by atoms with E-state index < -0.39 is 52.0 Å². The van der Waals surface area contributed by atoms with Crippen LogP contribution in [0.25, 0.3) is 0 Å². The molecule has 0 bridgehead atoms. The zero-order chi connectivity index (χ0) is 22.1. The number of carbonyl (C=O) groups excluding carboxylic acids is 3. The maximum atomic E-state index is 12.6. The number of fused-ring (bicyclic) bond motifs is 3. The van der Waals surface area contributed by atoms with Gasteiger partial charge in [-0.3, -0.25) is 14.4 Å². The molecule has 160 valence electrons. The SMILES string of the molecule is CN(C)C1=C2C[C@H]3C[C@H]4CC(=O)C(C(N)=O)=C(O)[C@@]4(O)C(O)=C3C(O)=C2C(=O)CC1. The fourth-order valence-electron chi connectivity index (χ4n) is 5.34. The maximum Gasteiger partial charge on any atom is 0.255 e. The number of amides is 1. The summed E-state index contributed by atoms with van der Waals surface area (Å²) in [6, 6.07) is 0. The van der Waals surface area contributed by atoms with Crippen molar-refractivity contribution in [3.8, 4) is 0 Å². The van der Waals surface area contributed by atoms with E-state index in [1.165, 1.54) is 0 Å². The summed E-state index contributed by atoms with van der Waals surface area (Å²) in [6.45, 7) is 0. The summed E-state index contributed by atoms with van der Waals surface area (Å²) in [5, 5.41) is 43.7. The Morgan fingerprint density at radius 3 is 2.33 bits per heavy atom. The van der Waals surface area contributed by atoms with E-state index in [1.807, 2.05) is 19.0 Å². The van der Waals surface area contributed by atoms with Gasteiger partial charge in [0.05, 0.1) is 5.57 Å². The van der Waals surface area contributed by atoms with E-state index in [0.29, 0.717) is 18.4 Å². The molecule has 1 amide bonds. The summed E-state index contributed by atoms with van der Waals surface area (Å²) in [5.74, 6) is -5.74. The molecular weight excluding hydrogens is 392 g/mol. The lowest BCUT2D eigenvalue weighted by molar-refractivity contribution is -0.128. The highest BCUT2D eigenvalue weighted by Gasteiger charge is 2.58. The first-order valence-electron chi connectivity index (χ1n) is 9.79. The summed E-state index contributed by atoms with van der Waals surface area (Å²) >= 11 is 0. The van der Waals surface area contributed by atoms with Gasteiger partial charge in [0.1, 0.15) is 22.9 Å². The lowest BCUT2D eigenvalue weighted by atomic mass is 9.60. The Bertz CT molecular complexity index is 1030. The van der Waals surface area contributed by atoms with Crippen LogP contribution in [0.15, 0.2) is 45.3 Å². The lowest BCUT2D eigenvalue weighted by Gasteiger charge is -2.47. The average Bonchev–Trinajstić information content (AvgIpc) is 2.64. The average molecular weight is 416 g/mol. The third-order valence-electron chi connectivity index (χ3n) is 6.74. The van der Waals surface area contributed by atoms with Crippen LogP contribution in [0.2, 0.25) is 0 Å². The molecule has 0 aliphatic heterocycles. The third-order valence-corrected chi connectivity index (χ3v) is 6.74. The number of nitrogens with zero attached hydrogens (tertiary/aromatic N) is 1. The molecule has 0 aromatic rings. The van der Waals surface area contributed by atoms with Gasteiger partial charge >= 0.3 is 0 Å². The number of rotatable bonds is 2. The summed E-state index contributed by atoms with van der Waals surface area (Å²) in [5.41, 5.74) is 3.67. The number of hydrogen-bond donors (Lipinski definition) is 5. The zero-order valence-electron chi connectivity index (χ0n) is 16.7. The van der Waals surface area contributed by atoms with Crippen molar-refractivity contribution in [1.29, 1.82) is 0 Å². The minimum Gasteiger partial charge on any atom is -0.508 e. The van der Waals surface area contributed by atoms with Crippen LogP contribution in [0.4, 0.5) is 0 Å². The Balaban J connectivity index is 1.98. The van der Waals surface area contributed by atoms with Crippen LogP contribution in [0.5, 0.6) is 0 Å². The van der Waals surface area contributed by atoms with Crippen molar-refractivity contribution < 1.29 is 34.8 Å². The Kier molecular flexibility index (Phi) is 4.36. The molecule has 6 N–H and O–H groups in total. The molecule has 9 nitrogen and oxygen atoms in total. The summed E-state index contributed by atoms with van der Waals surface area (Å²) in [4.78, 5) is 38.5. The molecule has 4 aliphatic carbocycles. The van der Waals surface area contributed by atoms with E-state index in [-0.39, 0.29) is 36.2 Å². The molecule has 30 heavy (non-hydrogen) atoms. The number of Topliss-reactive ketones (excluding diaryl/α,β-unsaturated/α-hetero) is 2. The molecule has 4 aliphatic rings. The Morgan fingerprint density at radius 1 is 1.07 bits per heavy atom. The maximum absolute atomic E-state index is 12.6. The van der Waals surface area contributed by atoms with E-state index >= 15 is 0 Å². The van der Waals surface area contributed by atoms with Crippen LogP contribution in [-0.4, -0.2) is 62.5 Å². The second-order valence-electron chi connectivity index (χ2n) is 8.54. The van der Waals surface area contributed by atoms with E-state index in [1.54, 1.807) is 0 Å². The molecule has 0 spiro atoms. The molecule has 0 saturated carbocycles. The summed E-state index contributed by atoms with van der Waals surface area (Å²) in [6.07, 6.45) is 0.947. The zero-order valence-corrected chi connectivity index (χ0v) is 16.7. The number of nitrogens with two attached hydrogens (primary N) is 1. The van der Waals surface area contributed by atoms with Gasteiger partial charge < -0.3 is 31.1 Å². The fraction of sp³-hybridized carbons (Fsp3) is 0.476. The van der Waals surface area contributed by atoms with Gasteiger partial charge in [-0.2, -0.15) is 0 Å². The standard InChI is InChI=1S/C21H24N2O7/c1-23(2)11-3-4-12(24)15-10(11)6-8-5-9-7-13(25)16(20(22)29)19(28)21(9,30)18(27)14(8)17(15)26/h8-9,26-28,30H,3-7H2,1-2H3,(H2,22,29)/t8-,9+,21+/m1/s1. The molecule has 0 fully saturated rings. The number of hydrogen-bond acceptors (Lipinski definition) is 8. The van der Waals surface area contributed by atoms with Gasteiger partial charge in [0.15, 0.2) is 17.2 Å². The van der Waals surface area contributed by atoms with Crippen molar-refractivity contribution in [1.82, 2.24) is 4.90 Å². The minimum absolute atomic E-state index is 0.0365. The van der Waals surface area contributed by atoms with Crippen LogP contribution in [0.3, 0.4) is 0 Å². The summed E-state index contributed by atoms with van der Waals surface area (Å²) < 4.78 is 0. The Labute approximate surface area is 172 Å². The minimum atomic E-state index is -2.43. The molecule has 0 aromatic heterocycles. The predicted octanol–water partition coefficient (Wildman–Crippen LogP) is 0.830. The fourth-order valence-corrected chi connectivity index (χ4v) is 5.34. The number of aliphatic hydroxyl groups is 4. The van der Waals surface area contributed by atoms with Crippen LogP contribution in [0.1, 0.15) is 32.1 Å². The van der Waals surface area contributed by atoms with Gasteiger partial charge in [-0.25, -0.2) is 0 Å². The van der Waals surface area contributed by atoms with Crippen molar-refractivity contribution in [2.75, 3.05) is 14.1 Å². The molecule has 0 unspecified atom stereocenters. The van der Waals surface area contributed by atoms with Crippen molar-refractivity contribution in [3.63, 3.8) is 0 Å². The number of aliphatic hydroxyl groups excluding tert-OH is 3. The molecule has 4 rings (SSSR count). The van der Waals surface area contributed by atoms with Crippen molar-refractivity contribution in [2.24, 2.45) is 17.6 Å². The van der Waals surface area contributed by atoms with E-state index in [4.69, 9.17) is 5.73 Å². The molecule has 0 radical (unpaired) electrons. The Morgan fingerprint density at radius 2 is 1.73 bits per heavy atom. The first kappa shape index (κ1) is 20.2. The van der Waals surface area contributed by atoms with Crippen LogP contribution in [-0.2, 0) is 14.4 Å². The van der Waals surface area contributed by atoms with Gasteiger partial charge in [-0.1, -0.05) is 0 Å². The normalized spacial score (nSPS) is 31.6. The smallest absolute Gasteiger partial charge is 0.255 e. The van der Waals surface area contributed by atoms with E-state index in [0.717, 1.165) is 5.70 Å². The lowest BCUT2D eigenvalue weighted by Crippen LogP contribution is -2.53. The van der Waals surface area contributed by atoms with Crippen molar-refractivity contribution in [3.05, 3.63) is 45.3 Å². The van der Waals surface area contributed by atoms with Gasteiger partial charge in [-0.15, -0.1) is 0 Å². The molecule has 0 aromatic carbocycles. The molecular formula is C21H24N2O7. The highest BCUT2D eigenvalue weighted by atomic mass is 16.4. The topological polar surface area (TPSA) is 161 Å². The van der Waals surface area contributed by atoms with Crippen LogP contribution < -0.4 is 5.73 Å². The van der Waals surface area contributed by atoms with Gasteiger partial charge in [0.25, 0.3) is 5.91 Å².